The van der Waals surface area contributed by atoms with E-state index in [1.165, 1.54) is 54.8 Å². The molecule has 12 aromatic rings. The summed E-state index contributed by atoms with van der Waals surface area (Å²) in [5, 5.41) is 4.87. The van der Waals surface area contributed by atoms with Crippen LogP contribution in [0.2, 0.25) is 0 Å². The lowest BCUT2D eigenvalue weighted by Gasteiger charge is -2.28. The molecule has 0 amide bonds. The molecule has 296 valence electrons. The van der Waals surface area contributed by atoms with Crippen LogP contribution in [0, 0.1) is 0 Å². The molecule has 2 heterocycles. The van der Waals surface area contributed by atoms with Crippen molar-refractivity contribution < 1.29 is 0 Å². The zero-order chi connectivity index (χ0) is 41.7. The van der Waals surface area contributed by atoms with Gasteiger partial charge in [0.1, 0.15) is 0 Å². The number of fused-ring (bicyclic) bond motifs is 6. The van der Waals surface area contributed by atoms with E-state index in [0.29, 0.717) is 0 Å². The minimum Gasteiger partial charge on any atom is -0.309 e. The Morgan fingerprint density at radius 1 is 0.254 bits per heavy atom. The van der Waals surface area contributed by atoms with Crippen LogP contribution in [0.25, 0.3) is 88.4 Å². The van der Waals surface area contributed by atoms with Gasteiger partial charge in [0.25, 0.3) is 0 Å². The molecule has 10 aromatic carbocycles. The van der Waals surface area contributed by atoms with Crippen molar-refractivity contribution in [3.05, 3.63) is 249 Å². The normalized spacial score (nSPS) is 11.5. The molecule has 0 fully saturated rings. The van der Waals surface area contributed by atoms with E-state index < -0.39 is 0 Å². The summed E-state index contributed by atoms with van der Waals surface area (Å²) >= 11 is 0. The van der Waals surface area contributed by atoms with Crippen molar-refractivity contribution in [3.63, 3.8) is 0 Å². The van der Waals surface area contributed by atoms with Crippen LogP contribution < -0.4 is 4.90 Å². The van der Waals surface area contributed by atoms with E-state index in [4.69, 9.17) is 0 Å². The van der Waals surface area contributed by atoms with Crippen molar-refractivity contribution in [2.75, 3.05) is 4.90 Å². The van der Waals surface area contributed by atoms with Crippen molar-refractivity contribution in [2.45, 2.75) is 0 Å². The molecule has 0 spiro atoms. The minimum atomic E-state index is 1.08. The summed E-state index contributed by atoms with van der Waals surface area (Å²) in [5.41, 5.74) is 17.3. The number of aromatic nitrogens is 2. The molecule has 63 heavy (non-hydrogen) atoms. The third-order valence-electron chi connectivity index (χ3n) is 12.5. The molecule has 0 unspecified atom stereocenters. The molecule has 0 saturated carbocycles. The fourth-order valence-corrected chi connectivity index (χ4v) is 9.56. The second-order valence-electron chi connectivity index (χ2n) is 16.2. The topological polar surface area (TPSA) is 13.1 Å². The second kappa shape index (κ2) is 15.3. The molecule has 0 N–H and O–H groups in total. The van der Waals surface area contributed by atoms with Gasteiger partial charge >= 0.3 is 0 Å². The predicted octanol–water partition coefficient (Wildman–Crippen LogP) is 16.4. The van der Waals surface area contributed by atoms with Crippen molar-refractivity contribution in [1.29, 1.82) is 0 Å². The summed E-state index contributed by atoms with van der Waals surface area (Å²) in [6.45, 7) is 0. The van der Waals surface area contributed by atoms with E-state index in [1.807, 2.05) is 0 Å². The van der Waals surface area contributed by atoms with E-state index in [2.05, 4.69) is 263 Å². The van der Waals surface area contributed by atoms with Gasteiger partial charge in [0.05, 0.1) is 27.8 Å². The monoisotopic (exact) mass is 803 g/mol. The van der Waals surface area contributed by atoms with Crippen LogP contribution in [0.4, 0.5) is 17.1 Å². The minimum absolute atomic E-state index is 1.08. The molecule has 0 saturated heterocycles. The molecule has 0 aliphatic carbocycles. The first kappa shape index (κ1) is 36.5. The average molecular weight is 804 g/mol. The highest BCUT2D eigenvalue weighted by Gasteiger charge is 2.24. The Morgan fingerprint density at radius 2 is 0.651 bits per heavy atom. The molecule has 0 aliphatic heterocycles. The van der Waals surface area contributed by atoms with Gasteiger partial charge in [-0.05, 0) is 118 Å². The molecular weight excluding hydrogens is 763 g/mol. The van der Waals surface area contributed by atoms with E-state index >= 15 is 0 Å². The molecule has 3 heteroatoms. The molecular formula is C60H41N3. The van der Waals surface area contributed by atoms with Crippen LogP contribution in [0.5, 0.6) is 0 Å². The summed E-state index contributed by atoms with van der Waals surface area (Å²) in [6, 6.07) is 90.2. The number of rotatable bonds is 8. The first-order valence-electron chi connectivity index (χ1n) is 21.6. The van der Waals surface area contributed by atoms with Gasteiger partial charge in [-0.2, -0.15) is 0 Å². The summed E-state index contributed by atoms with van der Waals surface area (Å²) in [5.74, 6) is 0. The quantitative estimate of drug-likeness (QED) is 0.149. The highest BCUT2D eigenvalue weighted by atomic mass is 15.2. The molecule has 0 radical (unpaired) electrons. The van der Waals surface area contributed by atoms with Gasteiger partial charge in [0.2, 0.25) is 0 Å². The lowest BCUT2D eigenvalue weighted by Crippen LogP contribution is -2.12. The third-order valence-corrected chi connectivity index (χ3v) is 12.5. The van der Waals surface area contributed by atoms with Crippen LogP contribution >= 0.6 is 0 Å². The van der Waals surface area contributed by atoms with Gasteiger partial charge in [0.15, 0.2) is 0 Å². The third kappa shape index (κ3) is 6.29. The summed E-state index contributed by atoms with van der Waals surface area (Å²) in [4.78, 5) is 2.45. The number of anilines is 3. The first-order chi connectivity index (χ1) is 31.3. The number of nitrogens with zero attached hydrogens (tertiary/aromatic N) is 3. The van der Waals surface area contributed by atoms with Crippen molar-refractivity contribution in [2.24, 2.45) is 0 Å². The highest BCUT2D eigenvalue weighted by Crippen LogP contribution is 2.47. The van der Waals surface area contributed by atoms with Gasteiger partial charge in [-0.15, -0.1) is 0 Å². The summed E-state index contributed by atoms with van der Waals surface area (Å²) < 4.78 is 4.83. The van der Waals surface area contributed by atoms with Crippen LogP contribution in [0.3, 0.4) is 0 Å². The Bertz CT molecular complexity index is 3490. The maximum Gasteiger partial charge on any atom is 0.0782 e. The predicted molar refractivity (Wildman–Crippen MR) is 266 cm³/mol. The number of para-hydroxylation sites is 4. The standard InChI is InChI=1S/C60H41N3/c1-5-17-42(18-6-1)44-29-34-50(35-30-44)61(51-36-31-45(32-37-51)43-19-7-2-8-20-43)59-41-47(40-55-53-26-14-16-28-57(53)63(60(55)59)49-23-11-4-12-24-49)46-33-38-58-54(39-46)52-25-13-15-27-56(52)62(58)48-21-9-3-10-22-48/h1-41H. The highest BCUT2D eigenvalue weighted by molar-refractivity contribution is 6.17. The first-order valence-corrected chi connectivity index (χ1v) is 21.6. The number of benzene rings is 10. The lowest BCUT2D eigenvalue weighted by atomic mass is 9.98. The van der Waals surface area contributed by atoms with E-state index in [0.717, 1.165) is 50.6 Å². The fraction of sp³-hybridized carbons (Fsp3) is 0. The molecule has 0 aliphatic rings. The van der Waals surface area contributed by atoms with Crippen LogP contribution in [-0.2, 0) is 0 Å². The van der Waals surface area contributed by atoms with E-state index in [9.17, 15) is 0 Å². The fourth-order valence-electron chi connectivity index (χ4n) is 9.56. The maximum atomic E-state index is 2.45. The zero-order valence-corrected chi connectivity index (χ0v) is 34.5. The largest absolute Gasteiger partial charge is 0.309 e. The van der Waals surface area contributed by atoms with Gasteiger partial charge in [-0.25, -0.2) is 0 Å². The molecule has 3 nitrogen and oxygen atoms in total. The van der Waals surface area contributed by atoms with Crippen molar-refractivity contribution >= 4 is 60.7 Å². The molecule has 2 aromatic heterocycles. The van der Waals surface area contributed by atoms with Crippen LogP contribution in [0.1, 0.15) is 0 Å². The summed E-state index contributed by atoms with van der Waals surface area (Å²) in [7, 11) is 0. The van der Waals surface area contributed by atoms with Crippen LogP contribution in [-0.4, -0.2) is 9.13 Å². The Morgan fingerprint density at radius 3 is 1.21 bits per heavy atom. The number of hydrogen-bond acceptors (Lipinski definition) is 1. The van der Waals surface area contributed by atoms with Gasteiger partial charge < -0.3 is 14.0 Å². The Kier molecular flexibility index (Phi) is 8.83. The lowest BCUT2D eigenvalue weighted by molar-refractivity contribution is 1.17. The van der Waals surface area contributed by atoms with Gasteiger partial charge in [-0.3, -0.25) is 0 Å². The molecule has 0 atom stereocenters. The summed E-state index contributed by atoms with van der Waals surface area (Å²) in [6.07, 6.45) is 0. The van der Waals surface area contributed by atoms with E-state index in [-0.39, 0.29) is 0 Å². The second-order valence-corrected chi connectivity index (χ2v) is 16.2. The van der Waals surface area contributed by atoms with E-state index in [1.54, 1.807) is 0 Å². The van der Waals surface area contributed by atoms with Gasteiger partial charge in [-0.1, -0.05) is 164 Å². The van der Waals surface area contributed by atoms with Crippen molar-refractivity contribution in [1.82, 2.24) is 9.13 Å². The number of hydrogen-bond donors (Lipinski definition) is 0. The Balaban J connectivity index is 1.14. The maximum absolute atomic E-state index is 2.45. The van der Waals surface area contributed by atoms with Crippen LogP contribution in [0.15, 0.2) is 249 Å². The zero-order valence-electron chi connectivity index (χ0n) is 34.5. The van der Waals surface area contributed by atoms with Crippen molar-refractivity contribution in [3.8, 4) is 44.8 Å². The Labute approximate surface area is 366 Å². The smallest absolute Gasteiger partial charge is 0.0782 e. The molecule has 0 bridgehead atoms. The van der Waals surface area contributed by atoms with Gasteiger partial charge in [0, 0.05) is 44.3 Å². The average Bonchev–Trinajstić information content (AvgIpc) is 3.88. The Hall–Kier alpha value is -8.40. The SMILES string of the molecule is c1ccc(-c2ccc(N(c3ccc(-c4ccccc4)cc3)c3cc(-c4ccc5c(c4)c4ccccc4n5-c4ccccc4)cc4c5ccccc5n(-c5ccccc5)c34)cc2)cc1. The molecule has 12 rings (SSSR count).